The summed E-state index contributed by atoms with van der Waals surface area (Å²) in [6.07, 6.45) is 0.127. The highest BCUT2D eigenvalue weighted by molar-refractivity contribution is 7.18. The second kappa shape index (κ2) is 5.58. The fourth-order valence-electron chi connectivity index (χ4n) is 2.49. The molecule has 108 valence electrons. The lowest BCUT2D eigenvalue weighted by Gasteiger charge is -2.30. The van der Waals surface area contributed by atoms with Gasteiger partial charge in [0.25, 0.3) is 0 Å². The zero-order chi connectivity index (χ0) is 14.9. The van der Waals surface area contributed by atoms with E-state index < -0.39 is 6.10 Å². The van der Waals surface area contributed by atoms with Gasteiger partial charge in [0.2, 0.25) is 0 Å². The summed E-state index contributed by atoms with van der Waals surface area (Å²) in [5.41, 5.74) is 1.87. The van der Waals surface area contributed by atoms with Gasteiger partial charge in [-0.25, -0.2) is 4.98 Å². The monoisotopic (exact) mass is 297 g/mol. The second-order valence-corrected chi connectivity index (χ2v) is 7.00. The highest BCUT2D eigenvalue weighted by atomic mass is 32.1. The Morgan fingerprint density at radius 2 is 1.71 bits per heavy atom. The maximum absolute atomic E-state index is 10.7. The van der Waals surface area contributed by atoms with Crippen LogP contribution in [-0.2, 0) is 11.8 Å². The van der Waals surface area contributed by atoms with Gasteiger partial charge in [0.05, 0.1) is 21.3 Å². The molecule has 0 aliphatic carbocycles. The number of fused-ring (bicyclic) bond motifs is 1. The summed E-state index contributed by atoms with van der Waals surface area (Å²) in [6.45, 7) is 4.17. The quantitative estimate of drug-likeness (QED) is 0.783. The highest BCUT2D eigenvalue weighted by Gasteiger charge is 2.30. The molecule has 0 amide bonds. The van der Waals surface area contributed by atoms with Crippen LogP contribution < -0.4 is 0 Å². The van der Waals surface area contributed by atoms with Crippen molar-refractivity contribution in [1.82, 2.24) is 4.98 Å². The lowest BCUT2D eigenvalue weighted by Crippen LogP contribution is -2.35. The largest absolute Gasteiger partial charge is 0.392 e. The van der Waals surface area contributed by atoms with Gasteiger partial charge in [0, 0.05) is 11.8 Å². The number of benzene rings is 2. The van der Waals surface area contributed by atoms with E-state index in [-0.39, 0.29) is 5.41 Å². The van der Waals surface area contributed by atoms with Crippen LogP contribution in [0, 0.1) is 0 Å². The van der Waals surface area contributed by atoms with E-state index in [2.05, 4.69) is 37.0 Å². The SMILES string of the molecule is CC(C)(c1ccccc1)C(O)Cc1nc2ccccc2s1. The molecule has 0 spiro atoms. The molecule has 0 bridgehead atoms. The molecule has 1 N–H and O–H groups in total. The van der Waals surface area contributed by atoms with Crippen molar-refractivity contribution in [2.75, 3.05) is 0 Å². The minimum Gasteiger partial charge on any atom is -0.392 e. The summed E-state index contributed by atoms with van der Waals surface area (Å²) < 4.78 is 1.18. The zero-order valence-corrected chi connectivity index (χ0v) is 13.1. The summed E-state index contributed by atoms with van der Waals surface area (Å²) in [5.74, 6) is 0. The summed E-state index contributed by atoms with van der Waals surface area (Å²) >= 11 is 1.67. The molecule has 2 nitrogen and oxygen atoms in total. The number of aliphatic hydroxyl groups is 1. The number of para-hydroxylation sites is 1. The fraction of sp³-hybridized carbons (Fsp3) is 0.278. The van der Waals surface area contributed by atoms with Crippen molar-refractivity contribution >= 4 is 21.6 Å². The third-order valence-electron chi connectivity index (χ3n) is 4.06. The molecule has 0 saturated heterocycles. The van der Waals surface area contributed by atoms with E-state index in [0.717, 1.165) is 16.1 Å². The third-order valence-corrected chi connectivity index (χ3v) is 5.12. The van der Waals surface area contributed by atoms with Gasteiger partial charge in [-0.2, -0.15) is 0 Å². The van der Waals surface area contributed by atoms with Gasteiger partial charge < -0.3 is 5.11 Å². The Bertz CT molecular complexity index is 700. The fourth-order valence-corrected chi connectivity index (χ4v) is 3.49. The highest BCUT2D eigenvalue weighted by Crippen LogP contribution is 2.31. The number of aliphatic hydroxyl groups excluding tert-OH is 1. The topological polar surface area (TPSA) is 33.1 Å². The Morgan fingerprint density at radius 3 is 2.43 bits per heavy atom. The van der Waals surface area contributed by atoms with E-state index in [4.69, 9.17) is 0 Å². The first kappa shape index (κ1) is 14.2. The smallest absolute Gasteiger partial charge is 0.0964 e. The Hall–Kier alpha value is -1.71. The Balaban J connectivity index is 1.83. The summed E-state index contributed by atoms with van der Waals surface area (Å²) in [6, 6.07) is 18.3. The van der Waals surface area contributed by atoms with E-state index in [0.29, 0.717) is 6.42 Å². The molecule has 0 fully saturated rings. The first-order valence-corrected chi connectivity index (χ1v) is 7.97. The van der Waals surface area contributed by atoms with Crippen LogP contribution in [0.3, 0.4) is 0 Å². The van der Waals surface area contributed by atoms with Crippen molar-refractivity contribution in [2.45, 2.75) is 31.8 Å². The summed E-state index contributed by atoms with van der Waals surface area (Å²) in [5, 5.41) is 11.7. The predicted molar refractivity (Wildman–Crippen MR) is 88.8 cm³/mol. The molecule has 21 heavy (non-hydrogen) atoms. The third kappa shape index (κ3) is 2.85. The molecule has 3 rings (SSSR count). The van der Waals surface area contributed by atoms with Crippen LogP contribution in [0.4, 0.5) is 0 Å². The molecule has 0 radical (unpaired) electrons. The number of hydrogen-bond donors (Lipinski definition) is 1. The van der Waals surface area contributed by atoms with Crippen molar-refractivity contribution < 1.29 is 5.11 Å². The molecule has 0 aliphatic rings. The maximum atomic E-state index is 10.7. The molecule has 1 aromatic heterocycles. The van der Waals surface area contributed by atoms with E-state index in [1.165, 1.54) is 4.70 Å². The van der Waals surface area contributed by atoms with Gasteiger partial charge in [-0.3, -0.25) is 0 Å². The van der Waals surface area contributed by atoms with Gasteiger partial charge in [-0.15, -0.1) is 11.3 Å². The van der Waals surface area contributed by atoms with Gasteiger partial charge in [-0.05, 0) is 17.7 Å². The molecule has 0 aliphatic heterocycles. The zero-order valence-electron chi connectivity index (χ0n) is 12.3. The Morgan fingerprint density at radius 1 is 1.05 bits per heavy atom. The summed E-state index contributed by atoms with van der Waals surface area (Å²) in [4.78, 5) is 4.62. The first-order valence-electron chi connectivity index (χ1n) is 7.15. The second-order valence-electron chi connectivity index (χ2n) is 5.88. The molecule has 1 heterocycles. The van der Waals surface area contributed by atoms with Crippen molar-refractivity contribution in [2.24, 2.45) is 0 Å². The number of thiazole rings is 1. The Labute approximate surface area is 129 Å². The average molecular weight is 297 g/mol. The van der Waals surface area contributed by atoms with E-state index in [1.54, 1.807) is 11.3 Å². The average Bonchev–Trinajstić information content (AvgIpc) is 2.90. The number of hydrogen-bond acceptors (Lipinski definition) is 3. The van der Waals surface area contributed by atoms with Gasteiger partial charge in [0.1, 0.15) is 0 Å². The lowest BCUT2D eigenvalue weighted by atomic mass is 9.78. The molecule has 0 saturated carbocycles. The van der Waals surface area contributed by atoms with Crippen LogP contribution in [0.15, 0.2) is 54.6 Å². The minimum absolute atomic E-state index is 0.293. The van der Waals surface area contributed by atoms with Gasteiger partial charge >= 0.3 is 0 Å². The van der Waals surface area contributed by atoms with E-state index in [1.807, 2.05) is 36.4 Å². The van der Waals surface area contributed by atoms with Crippen LogP contribution in [-0.4, -0.2) is 16.2 Å². The van der Waals surface area contributed by atoms with E-state index in [9.17, 15) is 5.11 Å². The molecule has 2 aromatic carbocycles. The van der Waals surface area contributed by atoms with Gasteiger partial charge in [0.15, 0.2) is 0 Å². The standard InChI is InChI=1S/C18H19NOS/c1-18(2,13-8-4-3-5-9-13)16(20)12-17-19-14-10-6-7-11-15(14)21-17/h3-11,16,20H,12H2,1-2H3. The number of aromatic nitrogens is 1. The molecule has 1 atom stereocenters. The molecule has 1 unspecified atom stereocenters. The van der Waals surface area contributed by atoms with Crippen LogP contribution in [0.5, 0.6) is 0 Å². The number of nitrogens with zero attached hydrogens (tertiary/aromatic N) is 1. The minimum atomic E-state index is -0.458. The maximum Gasteiger partial charge on any atom is 0.0964 e. The van der Waals surface area contributed by atoms with E-state index >= 15 is 0 Å². The van der Waals surface area contributed by atoms with Crippen LogP contribution in [0.25, 0.3) is 10.2 Å². The molecule has 3 heteroatoms. The van der Waals surface area contributed by atoms with Crippen LogP contribution >= 0.6 is 11.3 Å². The van der Waals surface area contributed by atoms with Crippen LogP contribution in [0.1, 0.15) is 24.4 Å². The molecular formula is C18H19NOS. The van der Waals surface area contributed by atoms with Gasteiger partial charge in [-0.1, -0.05) is 56.3 Å². The summed E-state index contributed by atoms with van der Waals surface area (Å²) in [7, 11) is 0. The molecular weight excluding hydrogens is 278 g/mol. The Kier molecular flexibility index (Phi) is 3.79. The molecule has 3 aromatic rings. The van der Waals surface area contributed by atoms with Crippen molar-refractivity contribution in [3.8, 4) is 0 Å². The van der Waals surface area contributed by atoms with Crippen molar-refractivity contribution in [3.05, 3.63) is 65.2 Å². The first-order chi connectivity index (χ1) is 10.1. The lowest BCUT2D eigenvalue weighted by molar-refractivity contribution is 0.1000. The van der Waals surface area contributed by atoms with Crippen molar-refractivity contribution in [3.63, 3.8) is 0 Å². The number of rotatable bonds is 4. The van der Waals surface area contributed by atoms with Crippen molar-refractivity contribution in [1.29, 1.82) is 0 Å². The normalized spacial score (nSPS) is 13.5. The predicted octanol–water partition coefficient (Wildman–Crippen LogP) is 4.18. The van der Waals surface area contributed by atoms with Crippen LogP contribution in [0.2, 0.25) is 0 Å².